The Labute approximate surface area is 163 Å². The topological polar surface area (TPSA) is 108 Å². The molecule has 1 amide bonds. The fourth-order valence-corrected chi connectivity index (χ4v) is 2.62. The van der Waals surface area contributed by atoms with Crippen molar-refractivity contribution in [2.75, 3.05) is 5.32 Å². The maximum Gasteiger partial charge on any atom is 0.277 e. The van der Waals surface area contributed by atoms with Crippen LogP contribution in [0.4, 0.5) is 10.2 Å². The van der Waals surface area contributed by atoms with Gasteiger partial charge < -0.3 is 5.32 Å². The number of benzene rings is 1. The van der Waals surface area contributed by atoms with Gasteiger partial charge in [-0.25, -0.2) is 24.0 Å². The van der Waals surface area contributed by atoms with E-state index in [9.17, 15) is 14.0 Å². The molecule has 0 saturated carbocycles. The molecule has 3 heterocycles. The monoisotopic (exact) mass is 391 g/mol. The van der Waals surface area contributed by atoms with Crippen molar-refractivity contribution < 1.29 is 9.18 Å². The molecule has 144 valence electrons. The summed E-state index contributed by atoms with van der Waals surface area (Å²) >= 11 is 0. The van der Waals surface area contributed by atoms with Crippen molar-refractivity contribution in [2.24, 2.45) is 0 Å². The van der Waals surface area contributed by atoms with E-state index in [1.807, 2.05) is 0 Å². The Hall–Kier alpha value is -4.21. The number of imidazole rings is 1. The summed E-state index contributed by atoms with van der Waals surface area (Å²) in [5.74, 6) is -0.176. The molecule has 0 atom stereocenters. The molecule has 0 aliphatic carbocycles. The van der Waals surface area contributed by atoms with Crippen LogP contribution >= 0.6 is 0 Å². The quantitative estimate of drug-likeness (QED) is 0.554. The van der Waals surface area contributed by atoms with E-state index < -0.39 is 17.3 Å². The van der Waals surface area contributed by atoms with Gasteiger partial charge in [0, 0.05) is 24.5 Å². The third-order valence-corrected chi connectivity index (χ3v) is 3.98. The second-order valence-electron chi connectivity index (χ2n) is 6.03. The fourth-order valence-electron chi connectivity index (χ4n) is 2.62. The molecule has 0 bridgehead atoms. The molecule has 0 radical (unpaired) electrons. The normalized spacial score (nSPS) is 10.7. The smallest absolute Gasteiger partial charge is 0.277 e. The van der Waals surface area contributed by atoms with Crippen molar-refractivity contribution in [3.05, 3.63) is 94.9 Å². The van der Waals surface area contributed by atoms with Crippen LogP contribution in [0.25, 0.3) is 5.82 Å². The maximum atomic E-state index is 13.4. The number of rotatable bonds is 5. The van der Waals surface area contributed by atoms with E-state index in [1.54, 1.807) is 41.5 Å². The minimum Gasteiger partial charge on any atom is -0.305 e. The number of anilines is 1. The van der Waals surface area contributed by atoms with Crippen LogP contribution in [0.5, 0.6) is 0 Å². The number of nitrogens with one attached hydrogen (secondary N) is 1. The number of carbonyl (C=O) groups is 1. The zero-order valence-corrected chi connectivity index (χ0v) is 14.9. The van der Waals surface area contributed by atoms with Crippen molar-refractivity contribution in [2.45, 2.75) is 6.54 Å². The van der Waals surface area contributed by atoms with Gasteiger partial charge in [0.1, 0.15) is 35.8 Å². The first-order valence-corrected chi connectivity index (χ1v) is 8.53. The van der Waals surface area contributed by atoms with E-state index in [0.29, 0.717) is 11.4 Å². The molecular weight excluding hydrogens is 377 g/mol. The van der Waals surface area contributed by atoms with Crippen LogP contribution in [0.3, 0.4) is 0 Å². The molecule has 10 heteroatoms. The Kier molecular flexibility index (Phi) is 4.89. The largest absolute Gasteiger partial charge is 0.305 e. The van der Waals surface area contributed by atoms with Crippen molar-refractivity contribution in [3.63, 3.8) is 0 Å². The summed E-state index contributed by atoms with van der Waals surface area (Å²) < 4.78 is 16.1. The van der Waals surface area contributed by atoms with E-state index in [-0.39, 0.29) is 18.1 Å². The lowest BCUT2D eigenvalue weighted by molar-refractivity contribution is 0.101. The summed E-state index contributed by atoms with van der Waals surface area (Å²) in [6.45, 7) is 0.0377. The summed E-state index contributed by atoms with van der Waals surface area (Å²) in [5, 5.41) is 6.70. The van der Waals surface area contributed by atoms with Gasteiger partial charge in [0.2, 0.25) is 0 Å². The summed E-state index contributed by atoms with van der Waals surface area (Å²) in [4.78, 5) is 36.7. The molecule has 4 aromatic rings. The average Bonchev–Trinajstić information content (AvgIpc) is 3.25. The Morgan fingerprint density at radius 1 is 1.14 bits per heavy atom. The Bertz CT molecular complexity index is 1220. The molecular formula is C19H14FN7O2. The van der Waals surface area contributed by atoms with E-state index in [2.05, 4.69) is 25.4 Å². The van der Waals surface area contributed by atoms with Crippen LogP contribution in [-0.2, 0) is 6.54 Å². The van der Waals surface area contributed by atoms with Gasteiger partial charge in [-0.3, -0.25) is 14.2 Å². The first-order chi connectivity index (χ1) is 14.1. The fraction of sp³-hybridized carbons (Fsp3) is 0.0526. The Morgan fingerprint density at radius 3 is 2.83 bits per heavy atom. The summed E-state index contributed by atoms with van der Waals surface area (Å²) in [6.07, 6.45) is 6.19. The van der Waals surface area contributed by atoms with Crippen LogP contribution in [0.1, 0.15) is 16.1 Å². The predicted octanol–water partition coefficient (Wildman–Crippen LogP) is 1.66. The molecule has 0 saturated heterocycles. The zero-order valence-electron chi connectivity index (χ0n) is 14.9. The highest BCUT2D eigenvalue weighted by atomic mass is 19.1. The Morgan fingerprint density at radius 2 is 2.03 bits per heavy atom. The van der Waals surface area contributed by atoms with E-state index in [0.717, 1.165) is 4.68 Å². The van der Waals surface area contributed by atoms with Crippen LogP contribution in [0.15, 0.2) is 72.3 Å². The van der Waals surface area contributed by atoms with Gasteiger partial charge in [-0.05, 0) is 23.8 Å². The SMILES string of the molecule is O=C(Nc1cc(-n2ccnc2)ncn1)c1ccc(=O)n(Cc2cccc(F)c2)n1. The number of nitrogens with zero attached hydrogens (tertiary/aromatic N) is 6. The third-order valence-electron chi connectivity index (χ3n) is 3.98. The highest BCUT2D eigenvalue weighted by Crippen LogP contribution is 2.10. The van der Waals surface area contributed by atoms with Crippen LogP contribution in [0, 0.1) is 5.82 Å². The molecule has 3 aromatic heterocycles. The third kappa shape index (κ3) is 4.21. The number of hydrogen-bond donors (Lipinski definition) is 1. The average molecular weight is 391 g/mol. The summed E-state index contributed by atoms with van der Waals surface area (Å²) in [7, 11) is 0. The van der Waals surface area contributed by atoms with Gasteiger partial charge in [-0.1, -0.05) is 12.1 Å². The highest BCUT2D eigenvalue weighted by molar-refractivity contribution is 6.02. The van der Waals surface area contributed by atoms with Crippen molar-refractivity contribution in [1.82, 2.24) is 29.3 Å². The van der Waals surface area contributed by atoms with Crippen LogP contribution < -0.4 is 10.9 Å². The molecule has 0 spiro atoms. The number of aromatic nitrogens is 6. The first kappa shape index (κ1) is 18.2. The van der Waals surface area contributed by atoms with Gasteiger partial charge in [-0.2, -0.15) is 5.10 Å². The predicted molar refractivity (Wildman–Crippen MR) is 101 cm³/mol. The zero-order chi connectivity index (χ0) is 20.2. The lowest BCUT2D eigenvalue weighted by atomic mass is 10.2. The molecule has 29 heavy (non-hydrogen) atoms. The molecule has 0 aliphatic rings. The second-order valence-corrected chi connectivity index (χ2v) is 6.03. The molecule has 0 aliphatic heterocycles. The minimum absolute atomic E-state index is 0.0174. The van der Waals surface area contributed by atoms with Gasteiger partial charge >= 0.3 is 0 Å². The van der Waals surface area contributed by atoms with Gasteiger partial charge in [0.25, 0.3) is 11.5 Å². The second kappa shape index (κ2) is 7.80. The first-order valence-electron chi connectivity index (χ1n) is 8.53. The van der Waals surface area contributed by atoms with Crippen LogP contribution in [-0.4, -0.2) is 35.2 Å². The van der Waals surface area contributed by atoms with E-state index in [4.69, 9.17) is 0 Å². The van der Waals surface area contributed by atoms with E-state index >= 15 is 0 Å². The maximum absolute atomic E-state index is 13.4. The summed E-state index contributed by atoms with van der Waals surface area (Å²) in [6, 6.07) is 9.95. The standard InChI is InChI=1S/C19H14FN7O2/c20-14-3-1-2-13(8-14)10-27-18(28)5-4-15(25-27)19(29)24-16-9-17(23-11-22-16)26-7-6-21-12-26/h1-9,11-12H,10H2,(H,22,23,24,29). The van der Waals surface area contributed by atoms with Crippen molar-refractivity contribution in [3.8, 4) is 5.82 Å². The summed E-state index contributed by atoms with van der Waals surface area (Å²) in [5.41, 5.74) is 0.164. The molecule has 4 rings (SSSR count). The van der Waals surface area contributed by atoms with Gasteiger partial charge in [0.05, 0.1) is 6.54 Å². The number of hydrogen-bond acceptors (Lipinski definition) is 6. The lowest BCUT2D eigenvalue weighted by Crippen LogP contribution is -2.26. The molecule has 1 N–H and O–H groups in total. The molecule has 0 fully saturated rings. The molecule has 9 nitrogen and oxygen atoms in total. The highest BCUT2D eigenvalue weighted by Gasteiger charge is 2.12. The van der Waals surface area contributed by atoms with Crippen molar-refractivity contribution >= 4 is 11.7 Å². The lowest BCUT2D eigenvalue weighted by Gasteiger charge is -2.08. The number of halogens is 1. The van der Waals surface area contributed by atoms with Gasteiger partial charge in [-0.15, -0.1) is 0 Å². The number of amides is 1. The van der Waals surface area contributed by atoms with Crippen LogP contribution in [0.2, 0.25) is 0 Å². The minimum atomic E-state index is -0.548. The van der Waals surface area contributed by atoms with E-state index in [1.165, 1.54) is 30.6 Å². The number of carbonyl (C=O) groups excluding carboxylic acids is 1. The van der Waals surface area contributed by atoms with Crippen molar-refractivity contribution in [1.29, 1.82) is 0 Å². The molecule has 0 unspecified atom stereocenters. The Balaban J connectivity index is 1.55. The van der Waals surface area contributed by atoms with Gasteiger partial charge in [0.15, 0.2) is 0 Å². The molecule has 1 aromatic carbocycles.